The lowest BCUT2D eigenvalue weighted by Crippen LogP contribution is -2.30. The molecule has 0 heterocycles. The van der Waals surface area contributed by atoms with Crippen LogP contribution < -0.4 is 5.30 Å². The van der Waals surface area contributed by atoms with Gasteiger partial charge >= 0.3 is 0 Å². The van der Waals surface area contributed by atoms with Gasteiger partial charge in [0.15, 0.2) is 0 Å². The van der Waals surface area contributed by atoms with Crippen LogP contribution in [0.3, 0.4) is 0 Å². The van der Waals surface area contributed by atoms with Gasteiger partial charge in [0, 0.05) is 5.16 Å². The summed E-state index contributed by atoms with van der Waals surface area (Å²) in [7, 11) is -0.202. The van der Waals surface area contributed by atoms with E-state index in [4.69, 9.17) is 0 Å². The minimum Gasteiger partial charge on any atom is -0.0900 e. The lowest BCUT2D eigenvalue weighted by molar-refractivity contribution is 0.643. The number of unbranched alkanes of at least 4 members (excludes halogenated alkanes) is 1. The first kappa shape index (κ1) is 22.8. The Morgan fingerprint density at radius 2 is 1.44 bits per heavy atom. The molecule has 1 aliphatic carbocycles. The van der Waals surface area contributed by atoms with Crippen molar-refractivity contribution in [2.75, 3.05) is 12.8 Å². The van der Waals surface area contributed by atoms with E-state index in [0.29, 0.717) is 15.5 Å². The Kier molecular flexibility index (Phi) is 7.93. The number of rotatable bonds is 7. The quantitative estimate of drug-likeness (QED) is 0.247. The van der Waals surface area contributed by atoms with Gasteiger partial charge in [0.25, 0.3) is 0 Å². The van der Waals surface area contributed by atoms with E-state index in [1.54, 1.807) is 5.30 Å². The Hall–Kier alpha value is -0.440. The van der Waals surface area contributed by atoms with Crippen LogP contribution in [0.5, 0.6) is 0 Å². The second kappa shape index (κ2) is 9.37. The Morgan fingerprint density at radius 1 is 0.852 bits per heavy atom. The van der Waals surface area contributed by atoms with E-state index in [1.165, 1.54) is 25.4 Å². The van der Waals surface area contributed by atoms with E-state index < -0.39 is 0 Å². The van der Waals surface area contributed by atoms with Crippen molar-refractivity contribution in [2.24, 2.45) is 0 Å². The van der Waals surface area contributed by atoms with Crippen LogP contribution in [0.2, 0.25) is 0 Å². The Morgan fingerprint density at radius 3 is 1.96 bits per heavy atom. The van der Waals surface area contributed by atoms with Gasteiger partial charge in [0.2, 0.25) is 0 Å². The first-order chi connectivity index (χ1) is 12.6. The van der Waals surface area contributed by atoms with Crippen molar-refractivity contribution in [3.05, 3.63) is 54.6 Å². The lowest BCUT2D eigenvalue weighted by atomic mass is 9.96. The summed E-state index contributed by atoms with van der Waals surface area (Å²) < 4.78 is 0. The monoisotopic (exact) mass is 402 g/mol. The van der Waals surface area contributed by atoms with Crippen molar-refractivity contribution in [3.63, 3.8) is 0 Å². The van der Waals surface area contributed by atoms with Crippen molar-refractivity contribution in [2.45, 2.75) is 82.7 Å². The van der Waals surface area contributed by atoms with Gasteiger partial charge in [-0.15, -0.1) is 0 Å². The second-order valence-corrected chi connectivity index (χ2v) is 16.3. The largest absolute Gasteiger partial charge is 0.0900 e. The van der Waals surface area contributed by atoms with Gasteiger partial charge < -0.3 is 0 Å². The molecule has 0 nitrogen and oxygen atoms in total. The number of allylic oxidation sites excluding steroid dienone is 4. The second-order valence-electron chi connectivity index (χ2n) is 9.88. The fraction of sp³-hybridized carbons (Fsp3) is 0.600. The predicted octanol–water partition coefficient (Wildman–Crippen LogP) is 7.93. The van der Waals surface area contributed by atoms with Crippen molar-refractivity contribution in [1.29, 1.82) is 0 Å². The molecule has 2 rings (SSSR count). The average Bonchev–Trinajstić information content (AvgIpc) is 2.60. The highest BCUT2D eigenvalue weighted by Crippen LogP contribution is 2.61. The molecule has 0 fully saturated rings. The minimum atomic E-state index is -0.111. The van der Waals surface area contributed by atoms with E-state index in [-0.39, 0.29) is 15.8 Å². The Bertz CT molecular complexity index is 617. The summed E-state index contributed by atoms with van der Waals surface area (Å²) in [5.41, 5.74) is 0. The van der Waals surface area contributed by atoms with E-state index in [0.717, 1.165) is 6.42 Å². The summed E-state index contributed by atoms with van der Waals surface area (Å²) >= 11 is 0. The summed E-state index contributed by atoms with van der Waals surface area (Å²) in [5, 5.41) is 2.65. The molecule has 2 atom stereocenters. The van der Waals surface area contributed by atoms with Crippen LogP contribution >= 0.6 is 15.8 Å². The maximum Gasteiger partial charge on any atom is 0.0264 e. The molecular weight excluding hydrogens is 362 g/mol. The molecule has 1 aromatic carbocycles. The standard InChI is InChI=1S/C25H40P2/c1-23(2,3)26(7)25(18-12-9-13-19-25)20-14-15-21-27(24(4,5)6)22-16-10-8-11-17-22/h8,10-13,16-19H,9,14-15,20-21H2,1-7H3. The molecule has 0 N–H and O–H groups in total. The first-order valence-corrected chi connectivity index (χ1v) is 13.8. The maximum absolute atomic E-state index is 2.55. The summed E-state index contributed by atoms with van der Waals surface area (Å²) in [6.07, 6.45) is 16.3. The topological polar surface area (TPSA) is 0 Å². The molecule has 0 aromatic heterocycles. The molecule has 0 amide bonds. The highest BCUT2D eigenvalue weighted by Gasteiger charge is 2.38. The molecule has 1 aliphatic rings. The summed E-state index contributed by atoms with van der Waals surface area (Å²) in [5.74, 6) is 0. The number of hydrogen-bond donors (Lipinski definition) is 0. The molecule has 0 bridgehead atoms. The van der Waals surface area contributed by atoms with Gasteiger partial charge in [0.1, 0.15) is 0 Å². The average molecular weight is 403 g/mol. The van der Waals surface area contributed by atoms with Crippen LogP contribution in [-0.4, -0.2) is 28.3 Å². The maximum atomic E-state index is 2.55. The molecule has 1 aromatic rings. The molecule has 0 saturated carbocycles. The van der Waals surface area contributed by atoms with Crippen LogP contribution in [0.1, 0.15) is 67.2 Å². The predicted molar refractivity (Wildman–Crippen MR) is 130 cm³/mol. The normalized spacial score (nSPS) is 19.1. The molecule has 0 spiro atoms. The van der Waals surface area contributed by atoms with Gasteiger partial charge in [-0.2, -0.15) is 0 Å². The lowest BCUT2D eigenvalue weighted by Gasteiger charge is -2.44. The van der Waals surface area contributed by atoms with Crippen LogP contribution in [0, 0.1) is 0 Å². The van der Waals surface area contributed by atoms with Crippen LogP contribution in [0.4, 0.5) is 0 Å². The van der Waals surface area contributed by atoms with E-state index in [9.17, 15) is 0 Å². The molecule has 27 heavy (non-hydrogen) atoms. The van der Waals surface area contributed by atoms with Crippen molar-refractivity contribution < 1.29 is 0 Å². The molecule has 0 saturated heterocycles. The van der Waals surface area contributed by atoms with Gasteiger partial charge in [-0.05, 0) is 47.7 Å². The molecule has 0 aliphatic heterocycles. The highest BCUT2D eigenvalue weighted by atomic mass is 31.1. The van der Waals surface area contributed by atoms with Gasteiger partial charge in [0.05, 0.1) is 0 Å². The van der Waals surface area contributed by atoms with Crippen LogP contribution in [0.15, 0.2) is 54.6 Å². The third kappa shape index (κ3) is 6.27. The van der Waals surface area contributed by atoms with Gasteiger partial charge in [-0.1, -0.05) is 118 Å². The van der Waals surface area contributed by atoms with E-state index >= 15 is 0 Å². The fourth-order valence-electron chi connectivity index (χ4n) is 4.00. The zero-order valence-electron chi connectivity index (χ0n) is 18.6. The number of benzene rings is 1. The fourth-order valence-corrected chi connectivity index (χ4v) is 9.17. The zero-order valence-corrected chi connectivity index (χ0v) is 20.4. The minimum absolute atomic E-state index is 0.0907. The third-order valence-corrected chi connectivity index (χ3v) is 12.9. The SMILES string of the molecule is CP(C(C)(C)C)C1(CCCCP(c2ccccc2)C(C)(C)C)C=CCC=C1. The molecular formula is C25H40P2. The zero-order chi connectivity index (χ0) is 20.1. The Balaban J connectivity index is 2.03. The van der Waals surface area contributed by atoms with E-state index in [2.05, 4.69) is 103 Å². The van der Waals surface area contributed by atoms with Crippen molar-refractivity contribution in [3.8, 4) is 0 Å². The molecule has 2 unspecified atom stereocenters. The van der Waals surface area contributed by atoms with Crippen LogP contribution in [-0.2, 0) is 0 Å². The summed E-state index contributed by atoms with van der Waals surface area (Å²) in [6, 6.07) is 11.2. The summed E-state index contributed by atoms with van der Waals surface area (Å²) in [4.78, 5) is 0. The smallest absolute Gasteiger partial charge is 0.0264 e. The van der Waals surface area contributed by atoms with E-state index in [1.807, 2.05) is 0 Å². The first-order valence-electron chi connectivity index (χ1n) is 10.5. The van der Waals surface area contributed by atoms with Gasteiger partial charge in [-0.25, -0.2) is 0 Å². The van der Waals surface area contributed by atoms with Gasteiger partial charge in [-0.3, -0.25) is 0 Å². The molecule has 2 heteroatoms. The molecule has 0 radical (unpaired) electrons. The number of hydrogen-bond acceptors (Lipinski definition) is 0. The third-order valence-electron chi connectivity index (χ3n) is 5.80. The Labute approximate surface area is 171 Å². The van der Waals surface area contributed by atoms with Crippen molar-refractivity contribution in [1.82, 2.24) is 0 Å². The van der Waals surface area contributed by atoms with Crippen LogP contribution in [0.25, 0.3) is 0 Å². The van der Waals surface area contributed by atoms with Crippen molar-refractivity contribution >= 4 is 21.1 Å². The molecule has 150 valence electrons. The highest BCUT2D eigenvalue weighted by molar-refractivity contribution is 7.67. The summed E-state index contributed by atoms with van der Waals surface area (Å²) in [6.45, 7) is 17.0.